The van der Waals surface area contributed by atoms with Gasteiger partial charge in [-0.15, -0.1) is 0 Å². The fraction of sp³-hybridized carbons (Fsp3) is 0.682. The summed E-state index contributed by atoms with van der Waals surface area (Å²) in [6.45, 7) is 6.60. The molecule has 2 heterocycles. The first-order valence-corrected chi connectivity index (χ1v) is 10.5. The highest BCUT2D eigenvalue weighted by Gasteiger charge is 2.23. The summed E-state index contributed by atoms with van der Waals surface area (Å²) < 4.78 is 13.7. The van der Waals surface area contributed by atoms with E-state index in [0.29, 0.717) is 12.5 Å². The molecule has 2 aliphatic heterocycles. The summed E-state index contributed by atoms with van der Waals surface area (Å²) in [5.74, 6) is 0.755. The van der Waals surface area contributed by atoms with E-state index in [-0.39, 0.29) is 11.7 Å². The fourth-order valence-electron chi connectivity index (χ4n) is 4.29. The fourth-order valence-corrected chi connectivity index (χ4v) is 4.29. The molecule has 1 aromatic carbocycles. The van der Waals surface area contributed by atoms with Crippen LogP contribution in [0.1, 0.15) is 37.7 Å². The molecule has 0 aromatic heterocycles. The Morgan fingerprint density at radius 3 is 2.48 bits per heavy atom. The average molecular weight is 376 g/mol. The first kappa shape index (κ1) is 20.3. The van der Waals surface area contributed by atoms with Crippen LogP contribution in [-0.4, -0.2) is 73.5 Å². The van der Waals surface area contributed by atoms with Gasteiger partial charge < -0.3 is 9.80 Å². The van der Waals surface area contributed by atoms with Crippen molar-refractivity contribution < 1.29 is 9.18 Å². The SMILES string of the molecule is CN(CC1CCN(CCc2ccccc2F)CC1)C(=O)CN1CCCCC1. The molecule has 0 atom stereocenters. The Kier molecular flexibility index (Phi) is 7.65. The predicted octanol–water partition coefficient (Wildman–Crippen LogP) is 3.02. The lowest BCUT2D eigenvalue weighted by molar-refractivity contribution is -0.132. The van der Waals surface area contributed by atoms with Gasteiger partial charge in [-0.3, -0.25) is 9.69 Å². The summed E-state index contributed by atoms with van der Waals surface area (Å²) >= 11 is 0. The summed E-state index contributed by atoms with van der Waals surface area (Å²) in [6, 6.07) is 7.07. The minimum atomic E-state index is -0.0961. The molecule has 4 nitrogen and oxygen atoms in total. The molecule has 0 bridgehead atoms. The number of hydrogen-bond donors (Lipinski definition) is 0. The van der Waals surface area contributed by atoms with Gasteiger partial charge in [0.15, 0.2) is 0 Å². The van der Waals surface area contributed by atoms with Crippen molar-refractivity contribution in [1.82, 2.24) is 14.7 Å². The van der Waals surface area contributed by atoms with Crippen molar-refractivity contribution in [2.75, 3.05) is 52.9 Å². The Labute approximate surface area is 163 Å². The second-order valence-corrected chi connectivity index (χ2v) is 8.24. The molecule has 2 fully saturated rings. The number of piperidine rings is 2. The predicted molar refractivity (Wildman–Crippen MR) is 107 cm³/mol. The third kappa shape index (κ3) is 6.28. The first-order chi connectivity index (χ1) is 13.1. The lowest BCUT2D eigenvalue weighted by Crippen LogP contribution is -2.44. The highest BCUT2D eigenvalue weighted by atomic mass is 19.1. The van der Waals surface area contributed by atoms with E-state index >= 15 is 0 Å². The number of hydrogen-bond acceptors (Lipinski definition) is 3. The second kappa shape index (κ2) is 10.2. The van der Waals surface area contributed by atoms with E-state index in [2.05, 4.69) is 9.80 Å². The van der Waals surface area contributed by atoms with Crippen LogP contribution in [0.15, 0.2) is 24.3 Å². The van der Waals surface area contributed by atoms with Crippen molar-refractivity contribution in [3.05, 3.63) is 35.6 Å². The Morgan fingerprint density at radius 1 is 1.07 bits per heavy atom. The van der Waals surface area contributed by atoms with E-state index in [9.17, 15) is 9.18 Å². The zero-order valence-corrected chi connectivity index (χ0v) is 16.7. The topological polar surface area (TPSA) is 26.8 Å². The zero-order chi connectivity index (χ0) is 19.1. The maximum atomic E-state index is 13.7. The normalized spacial score (nSPS) is 19.9. The third-order valence-corrected chi connectivity index (χ3v) is 6.13. The number of rotatable bonds is 7. The van der Waals surface area contributed by atoms with Gasteiger partial charge in [0.05, 0.1) is 6.54 Å². The highest BCUT2D eigenvalue weighted by molar-refractivity contribution is 5.78. The molecule has 150 valence electrons. The van der Waals surface area contributed by atoms with E-state index in [1.807, 2.05) is 24.1 Å². The van der Waals surface area contributed by atoms with Gasteiger partial charge >= 0.3 is 0 Å². The number of carbonyl (C=O) groups excluding carboxylic acids is 1. The van der Waals surface area contributed by atoms with Gasteiger partial charge in [0.2, 0.25) is 5.91 Å². The van der Waals surface area contributed by atoms with E-state index in [1.165, 1.54) is 25.3 Å². The summed E-state index contributed by atoms with van der Waals surface area (Å²) in [7, 11) is 1.96. The van der Waals surface area contributed by atoms with E-state index in [4.69, 9.17) is 0 Å². The standard InChI is InChI=1S/C22H34FN3O/c1-24(22(27)18-26-12-5-2-6-13-26)17-19-9-14-25(15-10-19)16-11-20-7-3-4-8-21(20)23/h3-4,7-8,19H,2,5-6,9-18H2,1H3. The van der Waals surface area contributed by atoms with Crippen LogP contribution in [0.2, 0.25) is 0 Å². The van der Waals surface area contributed by atoms with Crippen LogP contribution >= 0.6 is 0 Å². The molecule has 0 unspecified atom stereocenters. The summed E-state index contributed by atoms with van der Waals surface area (Å²) in [4.78, 5) is 19.1. The minimum Gasteiger partial charge on any atom is -0.344 e. The van der Waals surface area contributed by atoms with Gasteiger partial charge in [0.1, 0.15) is 5.82 Å². The molecule has 5 heteroatoms. The molecule has 27 heavy (non-hydrogen) atoms. The van der Waals surface area contributed by atoms with Crippen molar-refractivity contribution in [2.45, 2.75) is 38.5 Å². The van der Waals surface area contributed by atoms with Crippen molar-refractivity contribution >= 4 is 5.91 Å². The van der Waals surface area contributed by atoms with Crippen molar-refractivity contribution in [3.8, 4) is 0 Å². The Balaban J connectivity index is 1.35. The van der Waals surface area contributed by atoms with Gasteiger partial charge in [0.25, 0.3) is 0 Å². The number of likely N-dealkylation sites (N-methyl/N-ethyl adjacent to an activating group) is 1. The Morgan fingerprint density at radius 2 is 1.78 bits per heavy atom. The molecule has 0 radical (unpaired) electrons. The monoisotopic (exact) mass is 375 g/mol. The summed E-state index contributed by atoms with van der Waals surface area (Å²) in [5, 5.41) is 0. The number of nitrogens with zero attached hydrogens (tertiary/aromatic N) is 3. The molecule has 1 amide bonds. The van der Waals surface area contributed by atoms with Crippen LogP contribution in [0.5, 0.6) is 0 Å². The average Bonchev–Trinajstić information content (AvgIpc) is 2.69. The van der Waals surface area contributed by atoms with E-state index in [1.54, 1.807) is 6.07 Å². The number of halogens is 1. The molecule has 2 saturated heterocycles. The third-order valence-electron chi connectivity index (χ3n) is 6.13. The van der Waals surface area contributed by atoms with Crippen molar-refractivity contribution in [3.63, 3.8) is 0 Å². The zero-order valence-electron chi connectivity index (χ0n) is 16.7. The largest absolute Gasteiger partial charge is 0.344 e. The quantitative estimate of drug-likeness (QED) is 0.733. The summed E-state index contributed by atoms with van der Waals surface area (Å²) in [5.41, 5.74) is 0.808. The van der Waals surface area contributed by atoms with Crippen molar-refractivity contribution in [1.29, 1.82) is 0 Å². The van der Waals surface area contributed by atoms with Crippen LogP contribution < -0.4 is 0 Å². The maximum Gasteiger partial charge on any atom is 0.236 e. The molecular weight excluding hydrogens is 341 g/mol. The second-order valence-electron chi connectivity index (χ2n) is 8.24. The molecule has 2 aliphatic rings. The van der Waals surface area contributed by atoms with E-state index in [0.717, 1.165) is 64.1 Å². The van der Waals surface area contributed by atoms with Gasteiger partial charge in [-0.05, 0) is 75.8 Å². The smallest absolute Gasteiger partial charge is 0.236 e. The van der Waals surface area contributed by atoms with Gasteiger partial charge in [0, 0.05) is 20.1 Å². The van der Waals surface area contributed by atoms with Gasteiger partial charge in [-0.1, -0.05) is 24.6 Å². The minimum absolute atomic E-state index is 0.0961. The molecular formula is C22H34FN3O. The molecule has 0 saturated carbocycles. The number of amides is 1. The molecule has 3 rings (SSSR count). The number of carbonyl (C=O) groups is 1. The van der Waals surface area contributed by atoms with Crippen molar-refractivity contribution in [2.24, 2.45) is 5.92 Å². The molecule has 0 N–H and O–H groups in total. The van der Waals surface area contributed by atoms with E-state index < -0.39 is 0 Å². The molecule has 1 aromatic rings. The summed E-state index contributed by atoms with van der Waals surface area (Å²) in [6.07, 6.45) is 6.77. The van der Waals surface area contributed by atoms with Crippen LogP contribution in [0.4, 0.5) is 4.39 Å². The maximum absolute atomic E-state index is 13.7. The lowest BCUT2D eigenvalue weighted by Gasteiger charge is -2.34. The van der Waals surface area contributed by atoms with Gasteiger partial charge in [-0.2, -0.15) is 0 Å². The van der Waals surface area contributed by atoms with Crippen LogP contribution in [0, 0.1) is 11.7 Å². The lowest BCUT2D eigenvalue weighted by atomic mass is 9.96. The highest BCUT2D eigenvalue weighted by Crippen LogP contribution is 2.19. The van der Waals surface area contributed by atoms with Crippen LogP contribution in [0.25, 0.3) is 0 Å². The number of likely N-dealkylation sites (tertiary alicyclic amines) is 2. The molecule has 0 spiro atoms. The Hall–Kier alpha value is -1.46. The van der Waals surface area contributed by atoms with Crippen LogP contribution in [-0.2, 0) is 11.2 Å². The number of benzene rings is 1. The van der Waals surface area contributed by atoms with Gasteiger partial charge in [-0.25, -0.2) is 4.39 Å². The van der Waals surface area contributed by atoms with Crippen LogP contribution in [0.3, 0.4) is 0 Å². The molecule has 0 aliphatic carbocycles. The first-order valence-electron chi connectivity index (χ1n) is 10.5. The Bertz CT molecular complexity index is 595.